The van der Waals surface area contributed by atoms with Crippen molar-refractivity contribution >= 4 is 18.0 Å². The van der Waals surface area contributed by atoms with Crippen LogP contribution in [0.3, 0.4) is 0 Å². The predicted molar refractivity (Wildman–Crippen MR) is 124 cm³/mol. The van der Waals surface area contributed by atoms with Crippen molar-refractivity contribution in [1.82, 2.24) is 10.6 Å². The number of hydrogen-bond donors (Lipinski definition) is 3. The van der Waals surface area contributed by atoms with Gasteiger partial charge in [-0.05, 0) is 28.2 Å². The monoisotopic (exact) mass is 448 g/mol. The van der Waals surface area contributed by atoms with E-state index in [2.05, 4.69) is 16.6 Å². The minimum atomic E-state index is -1.14. The maximum Gasteiger partial charge on any atom is 0.407 e. The van der Waals surface area contributed by atoms with E-state index in [4.69, 9.17) is 11.2 Å². The number of benzene rings is 2. The van der Waals surface area contributed by atoms with Crippen molar-refractivity contribution in [3.63, 3.8) is 0 Å². The van der Waals surface area contributed by atoms with E-state index in [0.717, 1.165) is 22.3 Å². The highest BCUT2D eigenvalue weighted by molar-refractivity contribution is 5.89. The molecule has 1 aliphatic carbocycles. The van der Waals surface area contributed by atoms with Gasteiger partial charge in [-0.1, -0.05) is 68.8 Å². The Morgan fingerprint density at radius 2 is 1.64 bits per heavy atom. The van der Waals surface area contributed by atoms with Crippen LogP contribution < -0.4 is 10.6 Å². The number of ether oxygens (including phenoxy) is 1. The molecule has 0 spiro atoms. The lowest BCUT2D eigenvalue weighted by Gasteiger charge is -2.23. The second-order valence-electron chi connectivity index (χ2n) is 8.14. The summed E-state index contributed by atoms with van der Waals surface area (Å²) in [7, 11) is 0. The van der Waals surface area contributed by atoms with Crippen LogP contribution in [0.15, 0.2) is 48.5 Å². The van der Waals surface area contributed by atoms with Crippen LogP contribution in [0.2, 0.25) is 0 Å². The molecule has 172 valence electrons. The SMILES string of the molecule is C#CCC(NC(=O)OCC1c2ccccc2-c2ccccc21)C(=O)N[C@H](C(=O)O)C(C)CC. The molecule has 7 heteroatoms. The molecule has 0 radical (unpaired) electrons. The minimum absolute atomic E-state index is 0.0921. The largest absolute Gasteiger partial charge is 0.480 e. The van der Waals surface area contributed by atoms with Crippen LogP contribution in [0.25, 0.3) is 11.1 Å². The zero-order chi connectivity index (χ0) is 24.0. The Bertz CT molecular complexity index is 1030. The van der Waals surface area contributed by atoms with E-state index in [1.54, 1.807) is 6.92 Å². The summed E-state index contributed by atoms with van der Waals surface area (Å²) in [6.07, 6.45) is 5.04. The first kappa shape index (κ1) is 23.9. The molecule has 0 bridgehead atoms. The van der Waals surface area contributed by atoms with E-state index in [1.165, 1.54) is 0 Å². The van der Waals surface area contributed by atoms with Crippen molar-refractivity contribution in [3.8, 4) is 23.5 Å². The molecule has 2 aromatic rings. The van der Waals surface area contributed by atoms with E-state index in [9.17, 15) is 19.5 Å². The number of fused-ring (bicyclic) bond motifs is 3. The number of terminal acetylenes is 1. The number of carboxylic acid groups (broad SMARTS) is 1. The molecule has 0 aliphatic heterocycles. The molecule has 0 fully saturated rings. The fraction of sp³-hybridized carbons (Fsp3) is 0.346. The van der Waals surface area contributed by atoms with Gasteiger partial charge in [0, 0.05) is 12.3 Å². The number of carbonyl (C=O) groups excluding carboxylic acids is 2. The number of nitrogens with one attached hydrogen (secondary N) is 2. The first-order valence-electron chi connectivity index (χ1n) is 11.0. The quantitative estimate of drug-likeness (QED) is 0.509. The number of aliphatic carboxylic acids is 1. The highest BCUT2D eigenvalue weighted by atomic mass is 16.5. The average Bonchev–Trinajstić information content (AvgIpc) is 3.13. The number of alkyl carbamates (subject to hydrolysis) is 1. The van der Waals surface area contributed by atoms with Gasteiger partial charge in [-0.3, -0.25) is 4.79 Å². The van der Waals surface area contributed by atoms with Crippen LogP contribution in [0, 0.1) is 18.3 Å². The minimum Gasteiger partial charge on any atom is -0.480 e. The predicted octanol–water partition coefficient (Wildman–Crippen LogP) is 3.53. The third-order valence-electron chi connectivity index (χ3n) is 6.05. The number of amides is 2. The summed E-state index contributed by atoms with van der Waals surface area (Å²) in [4.78, 5) is 36.7. The van der Waals surface area contributed by atoms with E-state index in [0.29, 0.717) is 6.42 Å². The Morgan fingerprint density at radius 3 is 2.15 bits per heavy atom. The van der Waals surface area contributed by atoms with Gasteiger partial charge >= 0.3 is 12.1 Å². The van der Waals surface area contributed by atoms with Gasteiger partial charge in [0.1, 0.15) is 18.7 Å². The second-order valence-corrected chi connectivity index (χ2v) is 8.14. The molecule has 0 saturated heterocycles. The van der Waals surface area contributed by atoms with Gasteiger partial charge in [-0.15, -0.1) is 12.3 Å². The molecule has 2 unspecified atom stereocenters. The van der Waals surface area contributed by atoms with Gasteiger partial charge < -0.3 is 20.5 Å². The van der Waals surface area contributed by atoms with Crippen molar-refractivity contribution in [2.75, 3.05) is 6.61 Å². The Morgan fingerprint density at radius 1 is 1.06 bits per heavy atom. The molecule has 33 heavy (non-hydrogen) atoms. The average molecular weight is 449 g/mol. The molecular formula is C26H28N2O5. The van der Waals surface area contributed by atoms with Gasteiger partial charge in [0.25, 0.3) is 0 Å². The first-order valence-corrected chi connectivity index (χ1v) is 11.0. The van der Waals surface area contributed by atoms with Crippen LogP contribution in [0.4, 0.5) is 4.79 Å². The zero-order valence-corrected chi connectivity index (χ0v) is 18.7. The lowest BCUT2D eigenvalue weighted by atomic mass is 9.98. The maximum atomic E-state index is 12.7. The Kier molecular flexibility index (Phi) is 7.73. The Balaban J connectivity index is 1.66. The van der Waals surface area contributed by atoms with Gasteiger partial charge in [-0.25, -0.2) is 9.59 Å². The number of rotatable bonds is 9. The summed E-state index contributed by atoms with van der Waals surface area (Å²) in [5, 5.41) is 14.4. The van der Waals surface area contributed by atoms with Gasteiger partial charge in [0.15, 0.2) is 0 Å². The van der Waals surface area contributed by atoms with Crippen LogP contribution in [0.1, 0.15) is 43.7 Å². The molecule has 0 aromatic heterocycles. The summed E-state index contributed by atoms with van der Waals surface area (Å²) in [5.74, 6) is 0.140. The van der Waals surface area contributed by atoms with E-state index < -0.39 is 30.1 Å². The summed E-state index contributed by atoms with van der Waals surface area (Å²) in [5.41, 5.74) is 4.36. The van der Waals surface area contributed by atoms with E-state index in [-0.39, 0.29) is 24.9 Å². The fourth-order valence-electron chi connectivity index (χ4n) is 4.05. The van der Waals surface area contributed by atoms with Crippen LogP contribution >= 0.6 is 0 Å². The Labute approximate surface area is 193 Å². The molecule has 1 aliphatic rings. The lowest BCUT2D eigenvalue weighted by Crippen LogP contribution is -2.53. The highest BCUT2D eigenvalue weighted by Crippen LogP contribution is 2.44. The first-order chi connectivity index (χ1) is 15.9. The second kappa shape index (κ2) is 10.7. The van der Waals surface area contributed by atoms with Crippen LogP contribution in [0.5, 0.6) is 0 Å². The third kappa shape index (κ3) is 5.35. The third-order valence-corrected chi connectivity index (χ3v) is 6.05. The summed E-state index contributed by atoms with van der Waals surface area (Å²) >= 11 is 0. The van der Waals surface area contributed by atoms with Crippen molar-refractivity contribution in [3.05, 3.63) is 59.7 Å². The topological polar surface area (TPSA) is 105 Å². The van der Waals surface area contributed by atoms with E-state index in [1.807, 2.05) is 55.5 Å². The summed E-state index contributed by atoms with van der Waals surface area (Å²) in [6.45, 7) is 3.66. The Hall–Kier alpha value is -3.79. The van der Waals surface area contributed by atoms with Crippen molar-refractivity contribution in [2.45, 2.75) is 44.7 Å². The molecule has 3 rings (SSSR count). The van der Waals surface area contributed by atoms with Crippen molar-refractivity contribution < 1.29 is 24.2 Å². The normalized spacial score (nSPS) is 14.7. The van der Waals surface area contributed by atoms with Gasteiger partial charge in [0.2, 0.25) is 5.91 Å². The molecule has 3 N–H and O–H groups in total. The van der Waals surface area contributed by atoms with Gasteiger partial charge in [0.05, 0.1) is 0 Å². The standard InChI is InChI=1S/C26H28N2O5/c1-4-10-22(24(29)28-23(25(30)31)16(3)5-2)27-26(32)33-15-21-19-13-8-6-11-17(19)18-12-7-9-14-20(18)21/h1,6-9,11-14,16,21-23H,5,10,15H2,2-3H3,(H,27,32)(H,28,29)(H,30,31)/t16?,22?,23-/m0/s1. The van der Waals surface area contributed by atoms with Crippen LogP contribution in [-0.4, -0.2) is 41.8 Å². The molecule has 0 saturated carbocycles. The lowest BCUT2D eigenvalue weighted by molar-refractivity contribution is -0.143. The van der Waals surface area contributed by atoms with Gasteiger partial charge in [-0.2, -0.15) is 0 Å². The van der Waals surface area contributed by atoms with Crippen LogP contribution in [-0.2, 0) is 14.3 Å². The van der Waals surface area contributed by atoms with Crippen molar-refractivity contribution in [2.24, 2.45) is 5.92 Å². The maximum absolute atomic E-state index is 12.7. The zero-order valence-electron chi connectivity index (χ0n) is 18.7. The molecule has 3 atom stereocenters. The number of hydrogen-bond acceptors (Lipinski definition) is 4. The number of carbonyl (C=O) groups is 3. The molecular weight excluding hydrogens is 420 g/mol. The smallest absolute Gasteiger partial charge is 0.407 e. The molecule has 7 nitrogen and oxygen atoms in total. The molecule has 0 heterocycles. The molecule has 2 aromatic carbocycles. The molecule has 2 amide bonds. The summed E-state index contributed by atoms with van der Waals surface area (Å²) < 4.78 is 5.47. The summed E-state index contributed by atoms with van der Waals surface area (Å²) in [6, 6.07) is 13.8. The fourth-order valence-corrected chi connectivity index (χ4v) is 4.05. The van der Waals surface area contributed by atoms with E-state index >= 15 is 0 Å². The number of carboxylic acids is 1. The highest BCUT2D eigenvalue weighted by Gasteiger charge is 2.31. The van der Waals surface area contributed by atoms with Crippen molar-refractivity contribution in [1.29, 1.82) is 0 Å².